The molecule has 2 heterocycles. The molecule has 0 amide bonds. The normalized spacial score (nSPS) is 11.5. The largest absolute Gasteiger partial charge is 0.478 e. The highest BCUT2D eigenvalue weighted by Gasteiger charge is 2.20. The Hall–Kier alpha value is -2.88. The number of carbonyl (C=O) groups is 1. The Morgan fingerprint density at radius 2 is 1.91 bits per heavy atom. The van der Waals surface area contributed by atoms with E-state index in [9.17, 15) is 9.90 Å². The summed E-state index contributed by atoms with van der Waals surface area (Å²) in [5.74, 6) is -0.917. The lowest BCUT2D eigenvalue weighted by atomic mass is 10.0. The molecular weight excluding hydrogens is 276 g/mol. The first-order valence-electron chi connectivity index (χ1n) is 7.08. The number of aromatic nitrogens is 2. The van der Waals surface area contributed by atoms with Gasteiger partial charge in [-0.05, 0) is 25.1 Å². The summed E-state index contributed by atoms with van der Waals surface area (Å²) in [6.45, 7) is 1.96. The first-order chi connectivity index (χ1) is 10.6. The molecule has 1 N–H and O–H groups in total. The minimum atomic E-state index is -0.917. The van der Waals surface area contributed by atoms with Crippen LogP contribution in [0, 0.1) is 6.92 Å². The summed E-state index contributed by atoms with van der Waals surface area (Å²) in [7, 11) is 1.92. The summed E-state index contributed by atoms with van der Waals surface area (Å²) < 4.78 is 1.95. The van der Waals surface area contributed by atoms with Gasteiger partial charge in [-0.25, -0.2) is 9.78 Å². The van der Waals surface area contributed by atoms with Crippen molar-refractivity contribution in [2.75, 3.05) is 0 Å². The fourth-order valence-electron chi connectivity index (χ4n) is 3.18. The summed E-state index contributed by atoms with van der Waals surface area (Å²) in [4.78, 5) is 16.7. The second-order valence-electron chi connectivity index (χ2n) is 5.59. The maximum absolute atomic E-state index is 12.0. The van der Waals surface area contributed by atoms with Crippen LogP contribution < -0.4 is 0 Å². The molecule has 0 aliphatic rings. The first kappa shape index (κ1) is 12.8. The number of hydrogen-bond donors (Lipinski definition) is 1. The molecule has 4 aromatic rings. The van der Waals surface area contributed by atoms with Crippen LogP contribution in [0.15, 0.2) is 42.5 Å². The zero-order valence-electron chi connectivity index (χ0n) is 12.3. The predicted octanol–water partition coefficient (Wildman–Crippen LogP) is 3.89. The van der Waals surface area contributed by atoms with Crippen LogP contribution in [0.2, 0.25) is 0 Å². The van der Waals surface area contributed by atoms with Crippen LogP contribution in [-0.2, 0) is 7.05 Å². The third kappa shape index (κ3) is 1.58. The molecule has 22 heavy (non-hydrogen) atoms. The molecule has 4 heteroatoms. The smallest absolute Gasteiger partial charge is 0.337 e. The van der Waals surface area contributed by atoms with E-state index in [1.807, 2.05) is 61.0 Å². The van der Waals surface area contributed by atoms with Crippen LogP contribution in [0.1, 0.15) is 15.9 Å². The van der Waals surface area contributed by atoms with Crippen LogP contribution >= 0.6 is 0 Å². The lowest BCUT2D eigenvalue weighted by Crippen LogP contribution is -2.01. The average molecular weight is 290 g/mol. The summed E-state index contributed by atoms with van der Waals surface area (Å²) in [6, 6.07) is 13.5. The number of benzene rings is 2. The Morgan fingerprint density at radius 3 is 2.68 bits per heavy atom. The van der Waals surface area contributed by atoms with Gasteiger partial charge in [0, 0.05) is 23.2 Å². The highest BCUT2D eigenvalue weighted by atomic mass is 16.4. The number of nitrogens with zero attached hydrogens (tertiary/aromatic N) is 2. The molecule has 2 aromatic heterocycles. The van der Waals surface area contributed by atoms with Gasteiger partial charge < -0.3 is 9.67 Å². The van der Waals surface area contributed by atoms with Gasteiger partial charge in [-0.15, -0.1) is 0 Å². The van der Waals surface area contributed by atoms with Gasteiger partial charge in [0.25, 0.3) is 0 Å². The van der Waals surface area contributed by atoms with E-state index in [1.54, 1.807) is 0 Å². The lowest BCUT2D eigenvalue weighted by Gasteiger charge is -2.06. The van der Waals surface area contributed by atoms with Crippen LogP contribution in [0.4, 0.5) is 0 Å². The van der Waals surface area contributed by atoms with E-state index in [4.69, 9.17) is 4.98 Å². The molecule has 0 saturated heterocycles. The fourth-order valence-corrected chi connectivity index (χ4v) is 3.18. The number of rotatable bonds is 1. The third-order valence-corrected chi connectivity index (χ3v) is 4.19. The maximum Gasteiger partial charge on any atom is 0.337 e. The maximum atomic E-state index is 12.0. The molecular formula is C18H14N2O2. The standard InChI is InChI=1S/C18H14N2O2/c1-10-7-8-13-12(9-10)16(18(21)22)15-11-5-3-4-6-14(11)20(2)17(15)19-13/h3-9H,1-2H3,(H,21,22). The van der Waals surface area contributed by atoms with Crippen molar-refractivity contribution in [3.8, 4) is 0 Å². The van der Waals surface area contributed by atoms with Crippen molar-refractivity contribution in [2.24, 2.45) is 7.05 Å². The number of hydrogen-bond acceptors (Lipinski definition) is 2. The van der Waals surface area contributed by atoms with Crippen molar-refractivity contribution >= 4 is 38.8 Å². The van der Waals surface area contributed by atoms with Gasteiger partial charge in [0.1, 0.15) is 5.65 Å². The minimum Gasteiger partial charge on any atom is -0.478 e. The van der Waals surface area contributed by atoms with Gasteiger partial charge in [-0.2, -0.15) is 0 Å². The summed E-state index contributed by atoms with van der Waals surface area (Å²) in [5.41, 5.74) is 3.76. The molecule has 0 spiro atoms. The number of carboxylic acid groups (broad SMARTS) is 1. The van der Waals surface area contributed by atoms with Crippen molar-refractivity contribution in [2.45, 2.75) is 6.92 Å². The highest BCUT2D eigenvalue weighted by Crippen LogP contribution is 2.34. The third-order valence-electron chi connectivity index (χ3n) is 4.19. The Kier molecular flexibility index (Phi) is 2.51. The van der Waals surface area contributed by atoms with Gasteiger partial charge in [0.05, 0.1) is 16.6 Å². The minimum absolute atomic E-state index is 0.334. The van der Waals surface area contributed by atoms with Crippen LogP contribution in [-0.4, -0.2) is 20.6 Å². The van der Waals surface area contributed by atoms with Crippen LogP contribution in [0.5, 0.6) is 0 Å². The summed E-state index contributed by atoms with van der Waals surface area (Å²) in [5, 5.41) is 12.1. The van der Waals surface area contributed by atoms with Crippen molar-refractivity contribution in [3.63, 3.8) is 0 Å². The van der Waals surface area contributed by atoms with Gasteiger partial charge in [0.2, 0.25) is 0 Å². The van der Waals surface area contributed by atoms with Gasteiger partial charge in [-0.1, -0.05) is 29.8 Å². The second-order valence-corrected chi connectivity index (χ2v) is 5.59. The molecule has 4 rings (SSSR count). The SMILES string of the molecule is Cc1ccc2nc3c(c(C(=O)O)c2c1)c1ccccc1n3C. The molecule has 0 aliphatic heterocycles. The average Bonchev–Trinajstić information content (AvgIpc) is 2.78. The lowest BCUT2D eigenvalue weighted by molar-refractivity contribution is 0.0701. The zero-order chi connectivity index (χ0) is 15.4. The number of aromatic carboxylic acids is 1. The number of aryl methyl sites for hydroxylation is 2. The van der Waals surface area contributed by atoms with Crippen LogP contribution in [0.25, 0.3) is 32.8 Å². The molecule has 2 aromatic carbocycles. The summed E-state index contributed by atoms with van der Waals surface area (Å²) in [6.07, 6.45) is 0. The van der Waals surface area contributed by atoms with Crippen LogP contribution in [0.3, 0.4) is 0 Å². The van der Waals surface area contributed by atoms with E-state index in [0.29, 0.717) is 27.5 Å². The fraction of sp³-hybridized carbons (Fsp3) is 0.111. The van der Waals surface area contributed by atoms with Crippen molar-refractivity contribution in [1.29, 1.82) is 0 Å². The Balaban J connectivity index is 2.38. The molecule has 0 fully saturated rings. The Morgan fingerprint density at radius 1 is 1.14 bits per heavy atom. The van der Waals surface area contributed by atoms with Gasteiger partial charge in [0.15, 0.2) is 0 Å². The van der Waals surface area contributed by atoms with Crippen molar-refractivity contribution < 1.29 is 9.90 Å². The predicted molar refractivity (Wildman–Crippen MR) is 87.4 cm³/mol. The topological polar surface area (TPSA) is 55.1 Å². The number of pyridine rings is 1. The molecule has 0 saturated carbocycles. The van der Waals surface area contributed by atoms with Gasteiger partial charge >= 0.3 is 5.97 Å². The van der Waals surface area contributed by atoms with E-state index in [1.165, 1.54) is 0 Å². The van der Waals surface area contributed by atoms with Crippen molar-refractivity contribution in [3.05, 3.63) is 53.6 Å². The molecule has 0 atom stereocenters. The van der Waals surface area contributed by atoms with Gasteiger partial charge in [-0.3, -0.25) is 0 Å². The number of fused-ring (bicyclic) bond motifs is 4. The van der Waals surface area contributed by atoms with E-state index in [2.05, 4.69) is 0 Å². The monoisotopic (exact) mass is 290 g/mol. The van der Waals surface area contributed by atoms with E-state index in [0.717, 1.165) is 16.5 Å². The Bertz CT molecular complexity index is 1080. The molecule has 0 aliphatic carbocycles. The quantitative estimate of drug-likeness (QED) is 0.578. The first-order valence-corrected chi connectivity index (χ1v) is 7.08. The molecule has 0 unspecified atom stereocenters. The number of para-hydroxylation sites is 1. The van der Waals surface area contributed by atoms with E-state index in [-0.39, 0.29) is 0 Å². The Labute approximate surface area is 126 Å². The van der Waals surface area contributed by atoms with Crippen molar-refractivity contribution in [1.82, 2.24) is 9.55 Å². The zero-order valence-corrected chi connectivity index (χ0v) is 12.3. The number of carboxylic acids is 1. The summed E-state index contributed by atoms with van der Waals surface area (Å²) >= 11 is 0. The van der Waals surface area contributed by atoms with E-state index >= 15 is 0 Å². The molecule has 4 nitrogen and oxygen atoms in total. The second kappa shape index (κ2) is 4.31. The highest BCUT2D eigenvalue weighted by molar-refractivity contribution is 6.21. The van der Waals surface area contributed by atoms with E-state index < -0.39 is 5.97 Å². The molecule has 0 bridgehead atoms. The molecule has 108 valence electrons. The molecule has 0 radical (unpaired) electrons.